The van der Waals surface area contributed by atoms with Gasteiger partial charge in [0.1, 0.15) is 0 Å². The number of hydrogen-bond acceptors (Lipinski definition) is 3. The average Bonchev–Trinajstić information content (AvgIpc) is 2.65. The molecule has 16 heavy (non-hydrogen) atoms. The van der Waals surface area contributed by atoms with E-state index in [1.54, 1.807) is 0 Å². The summed E-state index contributed by atoms with van der Waals surface area (Å²) in [6.45, 7) is 1.35. The number of nitrogens with one attached hydrogen (secondary N) is 1. The summed E-state index contributed by atoms with van der Waals surface area (Å²) in [6, 6.07) is 0. The summed E-state index contributed by atoms with van der Waals surface area (Å²) in [6.07, 6.45) is 2.16. The van der Waals surface area contributed by atoms with E-state index in [4.69, 9.17) is 5.11 Å². The lowest BCUT2D eigenvalue weighted by Crippen LogP contribution is -2.38. The largest absolute Gasteiger partial charge is 0.481 e. The number of likely N-dealkylation sites (N-methyl/N-ethyl adjacent to an activating group) is 1. The number of hydrogen-bond donors (Lipinski definition) is 2. The van der Waals surface area contributed by atoms with Crippen LogP contribution in [0.15, 0.2) is 0 Å². The molecule has 1 aliphatic carbocycles. The molecular formula is C11H20N2O3. The smallest absolute Gasteiger partial charge is 0.307 e. The van der Waals surface area contributed by atoms with Gasteiger partial charge in [0, 0.05) is 13.1 Å². The van der Waals surface area contributed by atoms with Crippen molar-refractivity contribution in [2.24, 2.45) is 11.8 Å². The van der Waals surface area contributed by atoms with Crippen molar-refractivity contribution < 1.29 is 14.7 Å². The van der Waals surface area contributed by atoms with E-state index in [2.05, 4.69) is 5.32 Å². The van der Waals surface area contributed by atoms with Crippen molar-refractivity contribution in [2.45, 2.75) is 19.3 Å². The van der Waals surface area contributed by atoms with Gasteiger partial charge in [-0.05, 0) is 26.9 Å². The fraction of sp³-hybridized carbons (Fsp3) is 0.818. The fourth-order valence-electron chi connectivity index (χ4n) is 2.10. The number of nitrogens with zero attached hydrogens (tertiary/aromatic N) is 1. The zero-order valence-corrected chi connectivity index (χ0v) is 9.90. The second-order valence-electron chi connectivity index (χ2n) is 4.58. The van der Waals surface area contributed by atoms with Crippen molar-refractivity contribution >= 4 is 11.9 Å². The van der Waals surface area contributed by atoms with Crippen LogP contribution in [0.25, 0.3) is 0 Å². The Morgan fingerprint density at radius 1 is 1.31 bits per heavy atom. The van der Waals surface area contributed by atoms with E-state index in [1.165, 1.54) is 0 Å². The molecule has 0 aromatic rings. The van der Waals surface area contributed by atoms with Crippen LogP contribution in [0, 0.1) is 11.8 Å². The van der Waals surface area contributed by atoms with Crippen LogP contribution >= 0.6 is 0 Å². The van der Waals surface area contributed by atoms with E-state index in [1.807, 2.05) is 19.0 Å². The minimum absolute atomic E-state index is 0.105. The molecular weight excluding hydrogens is 208 g/mol. The Morgan fingerprint density at radius 2 is 1.94 bits per heavy atom. The summed E-state index contributed by atoms with van der Waals surface area (Å²) < 4.78 is 0. The van der Waals surface area contributed by atoms with Gasteiger partial charge in [0.25, 0.3) is 0 Å². The summed E-state index contributed by atoms with van der Waals surface area (Å²) in [7, 11) is 3.86. The van der Waals surface area contributed by atoms with Crippen molar-refractivity contribution in [1.82, 2.24) is 10.2 Å². The molecule has 2 N–H and O–H groups in total. The molecule has 1 rings (SSSR count). The van der Waals surface area contributed by atoms with Crippen LogP contribution in [0.5, 0.6) is 0 Å². The number of rotatable bonds is 5. The number of amides is 1. The predicted molar refractivity (Wildman–Crippen MR) is 60.0 cm³/mol. The van der Waals surface area contributed by atoms with Crippen LogP contribution in [-0.2, 0) is 9.59 Å². The van der Waals surface area contributed by atoms with Crippen molar-refractivity contribution in [1.29, 1.82) is 0 Å². The van der Waals surface area contributed by atoms with Crippen molar-refractivity contribution in [3.05, 3.63) is 0 Å². The Kier molecular flexibility index (Phi) is 4.73. The average molecular weight is 228 g/mol. The summed E-state index contributed by atoms with van der Waals surface area (Å²) in [5, 5.41) is 11.8. The third-order valence-corrected chi connectivity index (χ3v) is 3.03. The number of carbonyl (C=O) groups excluding carboxylic acids is 1. The zero-order chi connectivity index (χ0) is 12.1. The number of aliphatic carboxylic acids is 1. The molecule has 0 saturated heterocycles. The molecule has 0 unspecified atom stereocenters. The molecule has 0 spiro atoms. The molecule has 0 bridgehead atoms. The highest BCUT2D eigenvalue weighted by atomic mass is 16.4. The summed E-state index contributed by atoms with van der Waals surface area (Å²) in [5.74, 6) is -1.77. The van der Waals surface area contributed by atoms with Gasteiger partial charge in [-0.25, -0.2) is 0 Å². The summed E-state index contributed by atoms with van der Waals surface area (Å²) in [4.78, 5) is 24.6. The molecule has 5 nitrogen and oxygen atoms in total. The highest BCUT2D eigenvalue weighted by molar-refractivity contribution is 5.85. The van der Waals surface area contributed by atoms with Crippen LogP contribution < -0.4 is 5.32 Å². The summed E-state index contributed by atoms with van der Waals surface area (Å²) >= 11 is 0. The highest BCUT2D eigenvalue weighted by Crippen LogP contribution is 2.31. The zero-order valence-electron chi connectivity index (χ0n) is 9.90. The van der Waals surface area contributed by atoms with Crippen LogP contribution in [0.2, 0.25) is 0 Å². The second kappa shape index (κ2) is 5.84. The van der Waals surface area contributed by atoms with Gasteiger partial charge in [0.15, 0.2) is 0 Å². The minimum Gasteiger partial charge on any atom is -0.481 e. The monoisotopic (exact) mass is 228 g/mol. The SMILES string of the molecule is CN(C)CCNC(=O)[C@@H]1CCC[C@@H]1C(=O)O. The maximum Gasteiger partial charge on any atom is 0.307 e. The van der Waals surface area contributed by atoms with E-state index in [0.717, 1.165) is 13.0 Å². The molecule has 0 aromatic heterocycles. The van der Waals surface area contributed by atoms with Gasteiger partial charge in [-0.3, -0.25) is 9.59 Å². The van der Waals surface area contributed by atoms with Gasteiger partial charge in [0.2, 0.25) is 5.91 Å². The van der Waals surface area contributed by atoms with Gasteiger partial charge in [-0.2, -0.15) is 0 Å². The van der Waals surface area contributed by atoms with Crippen LogP contribution in [-0.4, -0.2) is 49.1 Å². The molecule has 5 heteroatoms. The Morgan fingerprint density at radius 3 is 2.50 bits per heavy atom. The van der Waals surface area contributed by atoms with E-state index in [-0.39, 0.29) is 11.8 Å². The molecule has 0 aliphatic heterocycles. The first-order chi connectivity index (χ1) is 7.52. The van der Waals surface area contributed by atoms with Crippen molar-refractivity contribution in [3.8, 4) is 0 Å². The first-order valence-corrected chi connectivity index (χ1v) is 5.67. The van der Waals surface area contributed by atoms with Crippen molar-refractivity contribution in [2.75, 3.05) is 27.2 Å². The molecule has 0 aromatic carbocycles. The summed E-state index contributed by atoms with van der Waals surface area (Å²) in [5.41, 5.74) is 0. The van der Waals surface area contributed by atoms with Gasteiger partial charge >= 0.3 is 5.97 Å². The van der Waals surface area contributed by atoms with E-state index >= 15 is 0 Å². The standard InChI is InChI=1S/C11H20N2O3/c1-13(2)7-6-12-10(14)8-4-3-5-9(8)11(15)16/h8-9H,3-7H2,1-2H3,(H,12,14)(H,15,16)/t8-,9+/m1/s1. The maximum absolute atomic E-state index is 11.7. The van der Waals surface area contributed by atoms with Crippen molar-refractivity contribution in [3.63, 3.8) is 0 Å². The van der Waals surface area contributed by atoms with Gasteiger partial charge in [-0.1, -0.05) is 6.42 Å². The molecule has 1 aliphatic rings. The van der Waals surface area contributed by atoms with Crippen LogP contribution in [0.1, 0.15) is 19.3 Å². The van der Waals surface area contributed by atoms with Gasteiger partial charge in [-0.15, -0.1) is 0 Å². The lowest BCUT2D eigenvalue weighted by Gasteiger charge is -2.16. The Hall–Kier alpha value is -1.10. The predicted octanol–water partition coefficient (Wildman–Crippen LogP) is 0.165. The molecule has 1 saturated carbocycles. The normalized spacial score (nSPS) is 24.7. The molecule has 92 valence electrons. The number of carbonyl (C=O) groups is 2. The number of carboxylic acids is 1. The number of carboxylic acid groups (broad SMARTS) is 1. The van der Waals surface area contributed by atoms with Crippen LogP contribution in [0.4, 0.5) is 0 Å². The lowest BCUT2D eigenvalue weighted by atomic mass is 9.95. The molecule has 0 radical (unpaired) electrons. The van der Waals surface area contributed by atoms with E-state index < -0.39 is 11.9 Å². The highest BCUT2D eigenvalue weighted by Gasteiger charge is 2.37. The molecule has 1 amide bonds. The first-order valence-electron chi connectivity index (χ1n) is 5.67. The van der Waals surface area contributed by atoms with Gasteiger partial charge in [0.05, 0.1) is 11.8 Å². The molecule has 1 fully saturated rings. The topological polar surface area (TPSA) is 69.6 Å². The van der Waals surface area contributed by atoms with Gasteiger partial charge < -0.3 is 15.3 Å². The van der Waals surface area contributed by atoms with E-state index in [9.17, 15) is 9.59 Å². The second-order valence-corrected chi connectivity index (χ2v) is 4.58. The first kappa shape index (κ1) is 13.0. The minimum atomic E-state index is -0.842. The Bertz CT molecular complexity index is 266. The third kappa shape index (κ3) is 3.48. The Balaban J connectivity index is 2.38. The third-order valence-electron chi connectivity index (χ3n) is 3.03. The quantitative estimate of drug-likeness (QED) is 0.703. The van der Waals surface area contributed by atoms with E-state index in [0.29, 0.717) is 19.4 Å². The van der Waals surface area contributed by atoms with Crippen LogP contribution in [0.3, 0.4) is 0 Å². The fourth-order valence-corrected chi connectivity index (χ4v) is 2.10. The lowest BCUT2D eigenvalue weighted by molar-refractivity contribution is -0.146. The Labute approximate surface area is 95.8 Å². The molecule has 2 atom stereocenters. The maximum atomic E-state index is 11.7. The molecule has 0 heterocycles.